The quantitative estimate of drug-likeness (QED) is 0.695. The number of aromatic nitrogens is 4. The van der Waals surface area contributed by atoms with Gasteiger partial charge in [0.25, 0.3) is 0 Å². The molecule has 3 heterocycles. The van der Waals surface area contributed by atoms with E-state index in [9.17, 15) is 0 Å². The van der Waals surface area contributed by atoms with Crippen molar-refractivity contribution in [3.05, 3.63) is 58.8 Å². The van der Waals surface area contributed by atoms with Crippen molar-refractivity contribution < 1.29 is 9.05 Å². The smallest absolute Gasteiger partial charge is 0.243 e. The van der Waals surface area contributed by atoms with Crippen LogP contribution in [-0.2, 0) is 13.0 Å². The first kappa shape index (κ1) is 16.9. The zero-order chi connectivity index (χ0) is 17.9. The molecule has 1 aromatic carbocycles. The van der Waals surface area contributed by atoms with E-state index < -0.39 is 0 Å². The van der Waals surface area contributed by atoms with E-state index in [1.807, 2.05) is 6.92 Å². The molecule has 1 aliphatic rings. The number of rotatable bonds is 5. The molecule has 0 spiro atoms. The molecule has 1 fully saturated rings. The Balaban J connectivity index is 1.44. The molecule has 0 saturated carbocycles. The number of benzene rings is 1. The fourth-order valence-electron chi connectivity index (χ4n) is 3.40. The van der Waals surface area contributed by atoms with E-state index in [0.29, 0.717) is 36.4 Å². The molecule has 0 radical (unpaired) electrons. The molecular weight excluding hydrogens is 330 g/mol. The highest BCUT2D eigenvalue weighted by Crippen LogP contribution is 2.31. The molecular formula is C19H23N5O2. The minimum absolute atomic E-state index is 0.123. The van der Waals surface area contributed by atoms with Crippen LogP contribution < -0.4 is 0 Å². The summed E-state index contributed by atoms with van der Waals surface area (Å²) in [4.78, 5) is 11.3. The van der Waals surface area contributed by atoms with Crippen LogP contribution in [0.25, 0.3) is 0 Å². The summed E-state index contributed by atoms with van der Waals surface area (Å²) in [6.07, 6.45) is 3.99. The lowest BCUT2D eigenvalue weighted by Gasteiger charge is -2.31. The van der Waals surface area contributed by atoms with Crippen molar-refractivity contribution >= 4 is 0 Å². The van der Waals surface area contributed by atoms with Gasteiger partial charge in [0, 0.05) is 6.42 Å². The van der Waals surface area contributed by atoms with Gasteiger partial charge in [0.15, 0.2) is 11.6 Å². The van der Waals surface area contributed by atoms with E-state index in [-0.39, 0.29) is 6.04 Å². The van der Waals surface area contributed by atoms with Gasteiger partial charge < -0.3 is 9.05 Å². The second-order valence-corrected chi connectivity index (χ2v) is 6.93. The maximum atomic E-state index is 5.48. The predicted octanol–water partition coefficient (Wildman–Crippen LogP) is 3.39. The van der Waals surface area contributed by atoms with Crippen LogP contribution in [0, 0.1) is 13.8 Å². The van der Waals surface area contributed by atoms with E-state index in [4.69, 9.17) is 9.05 Å². The van der Waals surface area contributed by atoms with Crippen LogP contribution >= 0.6 is 0 Å². The van der Waals surface area contributed by atoms with E-state index in [2.05, 4.69) is 56.4 Å². The minimum Gasteiger partial charge on any atom is -0.338 e. The highest BCUT2D eigenvalue weighted by Gasteiger charge is 2.29. The maximum Gasteiger partial charge on any atom is 0.243 e. The van der Waals surface area contributed by atoms with Gasteiger partial charge in [-0.05, 0) is 38.8 Å². The Kier molecular flexibility index (Phi) is 4.79. The first-order valence-corrected chi connectivity index (χ1v) is 9.08. The Labute approximate surface area is 152 Å². The minimum atomic E-state index is 0.123. The monoisotopic (exact) mass is 353 g/mol. The first-order chi connectivity index (χ1) is 12.7. The Morgan fingerprint density at radius 3 is 2.65 bits per heavy atom. The average Bonchev–Trinajstić information content (AvgIpc) is 3.26. The number of hydrogen-bond donors (Lipinski definition) is 0. The zero-order valence-electron chi connectivity index (χ0n) is 15.2. The molecule has 0 unspecified atom stereocenters. The standard InChI is InChI=1S/C19H23N5O2/c1-13-6-8-15(9-7-13)11-17-21-18(25-23-17)12-24-10-4-3-5-16(24)19-20-14(2)22-26-19/h6-9,16H,3-5,10-12H2,1-2H3/t16-/m0/s1. The van der Waals surface area contributed by atoms with Crippen LogP contribution in [0.4, 0.5) is 0 Å². The molecule has 1 saturated heterocycles. The topological polar surface area (TPSA) is 81.1 Å². The summed E-state index contributed by atoms with van der Waals surface area (Å²) in [5.74, 6) is 2.70. The molecule has 4 rings (SSSR count). The molecule has 0 amide bonds. The molecule has 1 atom stereocenters. The fourth-order valence-corrected chi connectivity index (χ4v) is 3.40. The van der Waals surface area contributed by atoms with Gasteiger partial charge in [-0.25, -0.2) is 0 Å². The summed E-state index contributed by atoms with van der Waals surface area (Å²) < 4.78 is 10.9. The number of hydrogen-bond acceptors (Lipinski definition) is 7. The van der Waals surface area contributed by atoms with Crippen molar-refractivity contribution in [3.8, 4) is 0 Å². The largest absolute Gasteiger partial charge is 0.338 e. The third-order valence-electron chi connectivity index (χ3n) is 4.77. The summed E-state index contributed by atoms with van der Waals surface area (Å²) in [7, 11) is 0. The summed E-state index contributed by atoms with van der Waals surface area (Å²) in [5.41, 5.74) is 2.43. The molecule has 1 aliphatic heterocycles. The van der Waals surface area contributed by atoms with Crippen molar-refractivity contribution in [1.82, 2.24) is 25.2 Å². The van der Waals surface area contributed by atoms with Crippen molar-refractivity contribution in [1.29, 1.82) is 0 Å². The van der Waals surface area contributed by atoms with Crippen LogP contribution in [0.2, 0.25) is 0 Å². The molecule has 26 heavy (non-hydrogen) atoms. The molecule has 0 N–H and O–H groups in total. The van der Waals surface area contributed by atoms with Gasteiger partial charge in [-0.15, -0.1) is 0 Å². The molecule has 0 aliphatic carbocycles. The van der Waals surface area contributed by atoms with Gasteiger partial charge in [0.2, 0.25) is 11.8 Å². The van der Waals surface area contributed by atoms with Crippen molar-refractivity contribution in [3.63, 3.8) is 0 Å². The first-order valence-electron chi connectivity index (χ1n) is 9.08. The Morgan fingerprint density at radius 1 is 1.04 bits per heavy atom. The van der Waals surface area contributed by atoms with E-state index in [1.54, 1.807) is 0 Å². The Bertz CT molecular complexity index is 855. The second kappa shape index (κ2) is 7.37. The third-order valence-corrected chi connectivity index (χ3v) is 4.77. The van der Waals surface area contributed by atoms with E-state index >= 15 is 0 Å². The van der Waals surface area contributed by atoms with Gasteiger partial charge in [-0.2, -0.15) is 9.97 Å². The summed E-state index contributed by atoms with van der Waals surface area (Å²) >= 11 is 0. The third kappa shape index (κ3) is 3.83. The van der Waals surface area contributed by atoms with Crippen LogP contribution in [0.1, 0.15) is 59.9 Å². The highest BCUT2D eigenvalue weighted by molar-refractivity contribution is 5.23. The second-order valence-electron chi connectivity index (χ2n) is 6.93. The normalized spacial score (nSPS) is 18.3. The number of nitrogens with zero attached hydrogens (tertiary/aromatic N) is 5. The molecule has 7 nitrogen and oxygen atoms in total. The molecule has 0 bridgehead atoms. The van der Waals surface area contributed by atoms with Crippen molar-refractivity contribution in [2.45, 2.75) is 52.1 Å². The predicted molar refractivity (Wildman–Crippen MR) is 94.3 cm³/mol. The number of piperidine rings is 1. The summed E-state index contributed by atoms with van der Waals surface area (Å²) in [6, 6.07) is 8.52. The summed E-state index contributed by atoms with van der Waals surface area (Å²) in [6.45, 7) is 5.49. The van der Waals surface area contributed by atoms with Crippen LogP contribution in [0.15, 0.2) is 33.3 Å². The Hall–Kier alpha value is -2.54. The lowest BCUT2D eigenvalue weighted by Crippen LogP contribution is -2.33. The van der Waals surface area contributed by atoms with Crippen molar-refractivity contribution in [2.24, 2.45) is 0 Å². The van der Waals surface area contributed by atoms with Crippen molar-refractivity contribution in [2.75, 3.05) is 6.54 Å². The average molecular weight is 353 g/mol. The maximum absolute atomic E-state index is 5.48. The zero-order valence-corrected chi connectivity index (χ0v) is 15.2. The molecule has 7 heteroatoms. The lowest BCUT2D eigenvalue weighted by atomic mass is 10.0. The van der Waals surface area contributed by atoms with Crippen LogP contribution in [0.3, 0.4) is 0 Å². The SMILES string of the molecule is Cc1ccc(Cc2noc(CN3CCCC[C@H]3c3nc(C)no3)n2)cc1. The molecule has 136 valence electrons. The van der Waals surface area contributed by atoms with Gasteiger partial charge in [0.1, 0.15) is 0 Å². The van der Waals surface area contributed by atoms with Gasteiger partial charge in [0.05, 0.1) is 12.6 Å². The van der Waals surface area contributed by atoms with Crippen LogP contribution in [0.5, 0.6) is 0 Å². The summed E-state index contributed by atoms with van der Waals surface area (Å²) in [5, 5.41) is 8.06. The van der Waals surface area contributed by atoms with Gasteiger partial charge >= 0.3 is 0 Å². The van der Waals surface area contributed by atoms with E-state index in [1.165, 1.54) is 11.1 Å². The van der Waals surface area contributed by atoms with E-state index in [0.717, 1.165) is 25.8 Å². The highest BCUT2D eigenvalue weighted by atomic mass is 16.5. The van der Waals surface area contributed by atoms with Gasteiger partial charge in [-0.1, -0.05) is 46.6 Å². The Morgan fingerprint density at radius 2 is 1.88 bits per heavy atom. The lowest BCUT2D eigenvalue weighted by molar-refractivity contribution is 0.0985. The molecule has 2 aromatic heterocycles. The number of aryl methyl sites for hydroxylation is 2. The number of likely N-dealkylation sites (tertiary alicyclic amines) is 1. The molecule has 3 aromatic rings. The fraction of sp³-hybridized carbons (Fsp3) is 0.474. The van der Waals surface area contributed by atoms with Gasteiger partial charge in [-0.3, -0.25) is 4.90 Å². The van der Waals surface area contributed by atoms with Crippen LogP contribution in [-0.4, -0.2) is 31.7 Å².